The van der Waals surface area contributed by atoms with Crippen molar-refractivity contribution in [2.45, 2.75) is 66.0 Å². The van der Waals surface area contributed by atoms with Crippen LogP contribution < -0.4 is 5.73 Å². The van der Waals surface area contributed by atoms with Crippen molar-refractivity contribution in [1.29, 1.82) is 0 Å². The molecule has 0 spiro atoms. The number of piperidine rings is 1. The van der Waals surface area contributed by atoms with Crippen molar-refractivity contribution in [2.75, 3.05) is 19.8 Å². The highest BCUT2D eigenvalue weighted by molar-refractivity contribution is 7.81. The molecule has 2 saturated heterocycles. The van der Waals surface area contributed by atoms with Gasteiger partial charge in [-0.05, 0) is 18.3 Å². The van der Waals surface area contributed by atoms with Crippen LogP contribution in [-0.2, 0) is 33.2 Å². The van der Waals surface area contributed by atoms with E-state index in [-0.39, 0.29) is 32.1 Å². The maximum atomic E-state index is 12.5. The van der Waals surface area contributed by atoms with Gasteiger partial charge in [-0.25, -0.2) is 8.98 Å². The van der Waals surface area contributed by atoms with Crippen LogP contribution in [0.4, 0.5) is 4.79 Å². The Kier molecular flexibility index (Phi) is 7.04. The molecule has 0 aromatic heterocycles. The van der Waals surface area contributed by atoms with E-state index < -0.39 is 45.3 Å². The van der Waals surface area contributed by atoms with Crippen LogP contribution >= 0.6 is 0 Å². The van der Waals surface area contributed by atoms with Gasteiger partial charge in [-0.1, -0.05) is 34.6 Å². The third-order valence-electron chi connectivity index (χ3n) is 6.10. The number of nitrogens with zero attached hydrogens (tertiary/aromatic N) is 2. The molecule has 2 atom stereocenters. The molecule has 2 N–H and O–H groups in total. The lowest BCUT2D eigenvalue weighted by atomic mass is 9.69. The maximum Gasteiger partial charge on any atom is 0.421 e. The number of hydroxylamine groups is 2. The Morgan fingerprint density at radius 1 is 1.13 bits per heavy atom. The lowest BCUT2D eigenvalue weighted by Crippen LogP contribution is -2.47. The van der Waals surface area contributed by atoms with Gasteiger partial charge in [-0.15, -0.1) is 4.28 Å². The van der Waals surface area contributed by atoms with E-state index in [2.05, 4.69) is 0 Å². The summed E-state index contributed by atoms with van der Waals surface area (Å²) in [4.78, 5) is 36.6. The summed E-state index contributed by atoms with van der Waals surface area (Å²) in [6.45, 7) is 8.89. The van der Waals surface area contributed by atoms with E-state index in [0.717, 1.165) is 5.06 Å². The van der Waals surface area contributed by atoms with Crippen LogP contribution in [0.1, 0.15) is 53.9 Å². The van der Waals surface area contributed by atoms with Crippen LogP contribution in [-0.4, -0.2) is 68.1 Å². The number of carbonyl (C=O) groups excluding carboxylic acids is 3. The van der Waals surface area contributed by atoms with Gasteiger partial charge in [0.1, 0.15) is 6.04 Å². The first-order valence-corrected chi connectivity index (χ1v) is 11.2. The molecule has 3 amide bonds. The fourth-order valence-electron chi connectivity index (χ4n) is 3.12. The topological polar surface area (TPSA) is 146 Å². The zero-order valence-corrected chi connectivity index (χ0v) is 18.9. The van der Waals surface area contributed by atoms with E-state index in [4.69, 9.17) is 18.9 Å². The highest BCUT2D eigenvalue weighted by atomic mass is 32.3. The minimum Gasteiger partial charge on any atom is -0.465 e. The number of ether oxygens (including phenoxy) is 1. The van der Waals surface area contributed by atoms with E-state index in [0.29, 0.717) is 12.8 Å². The molecule has 2 heterocycles. The van der Waals surface area contributed by atoms with Crippen LogP contribution in [0.3, 0.4) is 0 Å². The summed E-state index contributed by atoms with van der Waals surface area (Å²) < 4.78 is 40.0. The average Bonchev–Trinajstić information content (AvgIpc) is 2.88. The Morgan fingerprint density at radius 3 is 2.30 bits per heavy atom. The van der Waals surface area contributed by atoms with Crippen LogP contribution in [0.2, 0.25) is 0 Å². The van der Waals surface area contributed by atoms with Gasteiger partial charge >= 0.3 is 22.4 Å². The van der Waals surface area contributed by atoms with Crippen molar-refractivity contribution in [1.82, 2.24) is 9.96 Å². The maximum absolute atomic E-state index is 12.5. The lowest BCUT2D eigenvalue weighted by Gasteiger charge is -2.40. The average molecular weight is 450 g/mol. The SMILES string of the molecule is CCC(=O)OCC(C)(C)C(C)(C)COS(=O)(=O)ON1C(=O)N2C[C@H]1CC[C@H]2C(N)=O. The first kappa shape index (κ1) is 24.4. The molecule has 2 fully saturated rings. The number of amides is 3. The number of urea groups is 1. The number of esters is 1. The summed E-state index contributed by atoms with van der Waals surface area (Å²) >= 11 is 0. The fourth-order valence-corrected chi connectivity index (χ4v) is 3.98. The Labute approximate surface area is 177 Å². The number of primary amides is 1. The summed E-state index contributed by atoms with van der Waals surface area (Å²) in [5, 5.41) is 0.736. The van der Waals surface area contributed by atoms with Crippen molar-refractivity contribution < 1.29 is 36.0 Å². The second-order valence-electron chi connectivity index (χ2n) is 8.94. The molecule has 172 valence electrons. The van der Waals surface area contributed by atoms with Gasteiger partial charge in [0.15, 0.2) is 0 Å². The summed E-state index contributed by atoms with van der Waals surface area (Å²) in [5.41, 5.74) is 3.99. The van der Waals surface area contributed by atoms with E-state index in [1.807, 2.05) is 13.8 Å². The smallest absolute Gasteiger partial charge is 0.421 e. The predicted octanol–water partition coefficient (Wildman–Crippen LogP) is 0.939. The summed E-state index contributed by atoms with van der Waals surface area (Å²) in [6.07, 6.45) is 0.963. The molecule has 30 heavy (non-hydrogen) atoms. The molecule has 0 aromatic rings. The van der Waals surface area contributed by atoms with Gasteiger partial charge in [0, 0.05) is 18.4 Å². The first-order chi connectivity index (χ1) is 13.7. The molecule has 0 unspecified atom stereocenters. The van der Waals surface area contributed by atoms with Crippen molar-refractivity contribution in [3.05, 3.63) is 0 Å². The van der Waals surface area contributed by atoms with Crippen LogP contribution in [0.25, 0.3) is 0 Å². The van der Waals surface area contributed by atoms with E-state index in [9.17, 15) is 22.8 Å². The molecule has 2 aliphatic heterocycles. The Balaban J connectivity index is 1.99. The van der Waals surface area contributed by atoms with Gasteiger partial charge in [0.05, 0.1) is 19.3 Å². The monoisotopic (exact) mass is 449 g/mol. The third kappa shape index (κ3) is 5.22. The summed E-state index contributed by atoms with van der Waals surface area (Å²) in [6, 6.07) is -2.03. The summed E-state index contributed by atoms with van der Waals surface area (Å²) in [5.74, 6) is -0.991. The Bertz CT molecular complexity index is 795. The quantitative estimate of drug-likeness (QED) is 0.485. The highest BCUT2D eigenvalue weighted by Crippen LogP contribution is 2.39. The number of hydrogen-bond acceptors (Lipinski definition) is 8. The number of hydrogen-bond donors (Lipinski definition) is 1. The highest BCUT2D eigenvalue weighted by Gasteiger charge is 2.49. The van der Waals surface area contributed by atoms with Gasteiger partial charge < -0.3 is 15.4 Å². The third-order valence-corrected chi connectivity index (χ3v) is 6.85. The summed E-state index contributed by atoms with van der Waals surface area (Å²) in [7, 11) is -4.55. The zero-order valence-electron chi connectivity index (χ0n) is 18.0. The largest absolute Gasteiger partial charge is 0.465 e. The molecule has 2 rings (SSSR count). The van der Waals surface area contributed by atoms with Crippen LogP contribution in [0.15, 0.2) is 0 Å². The number of fused-ring (bicyclic) bond motifs is 2. The number of rotatable bonds is 10. The molecule has 0 saturated carbocycles. The predicted molar refractivity (Wildman–Crippen MR) is 105 cm³/mol. The Morgan fingerprint density at radius 2 is 1.73 bits per heavy atom. The second kappa shape index (κ2) is 8.67. The van der Waals surface area contributed by atoms with E-state index in [1.165, 1.54) is 4.90 Å². The van der Waals surface area contributed by atoms with Crippen LogP contribution in [0.5, 0.6) is 0 Å². The van der Waals surface area contributed by atoms with Gasteiger partial charge in [-0.2, -0.15) is 13.5 Å². The zero-order chi connectivity index (χ0) is 22.9. The van der Waals surface area contributed by atoms with Crippen molar-refractivity contribution in [2.24, 2.45) is 16.6 Å². The van der Waals surface area contributed by atoms with Crippen LogP contribution in [0, 0.1) is 10.8 Å². The van der Waals surface area contributed by atoms with Crippen molar-refractivity contribution in [3.63, 3.8) is 0 Å². The Hall–Kier alpha value is -1.92. The molecular formula is C18H31N3O8S. The number of nitrogens with two attached hydrogens (primary N) is 1. The normalized spacial score (nSPS) is 22.4. The second-order valence-corrected chi connectivity index (χ2v) is 10.1. The molecule has 12 heteroatoms. The van der Waals surface area contributed by atoms with Crippen molar-refractivity contribution in [3.8, 4) is 0 Å². The fraction of sp³-hybridized carbons (Fsp3) is 0.833. The molecule has 2 bridgehead atoms. The minimum absolute atomic E-state index is 0.0904. The number of carbonyl (C=O) groups is 3. The standard InChI is InChI=1S/C18H31N3O8S/c1-6-14(22)27-10-17(2,3)18(4,5)11-28-30(25,26)29-21-12-7-8-13(15(19)23)20(9-12)16(21)24/h12-13H,6-11H2,1-5H3,(H2,19,23)/t12-,13+/m1/s1. The van der Waals surface area contributed by atoms with Gasteiger partial charge in [0.2, 0.25) is 5.91 Å². The molecule has 11 nitrogen and oxygen atoms in total. The van der Waals surface area contributed by atoms with Gasteiger partial charge in [0.25, 0.3) is 0 Å². The molecule has 0 aliphatic carbocycles. The van der Waals surface area contributed by atoms with Crippen molar-refractivity contribution >= 4 is 28.3 Å². The first-order valence-electron chi connectivity index (χ1n) is 9.84. The van der Waals surface area contributed by atoms with E-state index in [1.54, 1.807) is 20.8 Å². The molecule has 0 aromatic carbocycles. The molecule has 2 aliphatic rings. The molecule has 0 radical (unpaired) electrons. The van der Waals surface area contributed by atoms with Gasteiger partial charge in [-0.3, -0.25) is 9.59 Å². The minimum atomic E-state index is -4.55. The lowest BCUT2D eigenvalue weighted by molar-refractivity contribution is -0.149. The molecular weight excluding hydrogens is 418 g/mol. The van der Waals surface area contributed by atoms with E-state index >= 15 is 0 Å².